The van der Waals surface area contributed by atoms with Crippen molar-refractivity contribution in [3.05, 3.63) is 0 Å². The Kier molecular flexibility index (Phi) is 7.95. The van der Waals surface area contributed by atoms with Gasteiger partial charge in [0.15, 0.2) is 0 Å². The minimum Gasteiger partial charge on any atom is -0.381 e. The van der Waals surface area contributed by atoms with Gasteiger partial charge in [0.1, 0.15) is 0 Å². The number of likely N-dealkylation sites (N-methyl/N-ethyl adjacent to an activating group) is 1. The zero-order chi connectivity index (χ0) is 13.2. The number of ether oxygens (including phenoxy) is 1. The fourth-order valence-electron chi connectivity index (χ4n) is 1.27. The molecule has 0 aliphatic carbocycles. The van der Waals surface area contributed by atoms with Gasteiger partial charge >= 0.3 is 0 Å². The molecular formula is C11H23N5OS. The van der Waals surface area contributed by atoms with E-state index in [2.05, 4.69) is 34.7 Å². The molecule has 0 saturated heterocycles. The highest BCUT2D eigenvalue weighted by Crippen LogP contribution is 2.12. The molecule has 1 rings (SSSR count). The van der Waals surface area contributed by atoms with Crippen molar-refractivity contribution in [3.8, 4) is 0 Å². The molecule has 1 aromatic heterocycles. The third kappa shape index (κ3) is 6.32. The van der Waals surface area contributed by atoms with Crippen molar-refractivity contribution in [2.24, 2.45) is 5.92 Å². The largest absolute Gasteiger partial charge is 0.381 e. The van der Waals surface area contributed by atoms with Crippen LogP contribution in [0.25, 0.3) is 0 Å². The Balaban J connectivity index is 2.13. The fraction of sp³-hybridized carbons (Fsp3) is 0.909. The lowest BCUT2D eigenvalue weighted by Crippen LogP contribution is -2.16. The molecule has 0 aliphatic heterocycles. The molecule has 0 aliphatic rings. The van der Waals surface area contributed by atoms with Gasteiger partial charge in [-0.3, -0.25) is 0 Å². The molecule has 7 heteroatoms. The van der Waals surface area contributed by atoms with Crippen LogP contribution >= 0.6 is 11.8 Å². The lowest BCUT2D eigenvalue weighted by Gasteiger charge is -2.06. The Hall–Kier alpha value is -0.660. The van der Waals surface area contributed by atoms with Crippen LogP contribution in [-0.2, 0) is 11.3 Å². The van der Waals surface area contributed by atoms with Gasteiger partial charge in [0.25, 0.3) is 0 Å². The van der Waals surface area contributed by atoms with Gasteiger partial charge in [-0.05, 0) is 29.8 Å². The van der Waals surface area contributed by atoms with Crippen LogP contribution in [0.4, 0.5) is 0 Å². The standard InChI is InChI=1S/C11H23N5OS/c1-10(2)4-7-17-8-9-18-11-13-14-15-16(11)6-5-12-3/h10,12H,4-9H2,1-3H3. The first kappa shape index (κ1) is 15.4. The van der Waals surface area contributed by atoms with Gasteiger partial charge in [-0.15, -0.1) is 5.10 Å². The number of hydrogen-bond acceptors (Lipinski definition) is 6. The quantitative estimate of drug-likeness (QED) is 0.508. The first-order valence-corrected chi connectivity index (χ1v) is 7.34. The first-order chi connectivity index (χ1) is 8.74. The summed E-state index contributed by atoms with van der Waals surface area (Å²) in [5.41, 5.74) is 0. The Morgan fingerprint density at radius 2 is 2.22 bits per heavy atom. The van der Waals surface area contributed by atoms with Gasteiger partial charge in [-0.25, -0.2) is 4.68 Å². The summed E-state index contributed by atoms with van der Waals surface area (Å²) in [5.74, 6) is 1.59. The topological polar surface area (TPSA) is 64.9 Å². The van der Waals surface area contributed by atoms with Crippen LogP contribution in [0.3, 0.4) is 0 Å². The van der Waals surface area contributed by atoms with E-state index in [-0.39, 0.29) is 0 Å². The number of nitrogens with zero attached hydrogens (tertiary/aromatic N) is 4. The third-order valence-corrected chi connectivity index (χ3v) is 3.29. The zero-order valence-electron chi connectivity index (χ0n) is 11.4. The van der Waals surface area contributed by atoms with Crippen molar-refractivity contribution in [3.63, 3.8) is 0 Å². The van der Waals surface area contributed by atoms with Crippen LogP contribution in [0.15, 0.2) is 5.16 Å². The van der Waals surface area contributed by atoms with Gasteiger partial charge in [0.2, 0.25) is 5.16 Å². The van der Waals surface area contributed by atoms with Gasteiger partial charge in [-0.1, -0.05) is 25.6 Å². The van der Waals surface area contributed by atoms with E-state index < -0.39 is 0 Å². The monoisotopic (exact) mass is 273 g/mol. The number of tetrazole rings is 1. The molecule has 0 fully saturated rings. The van der Waals surface area contributed by atoms with Crippen molar-refractivity contribution in [2.45, 2.75) is 32.0 Å². The minimum atomic E-state index is 0.700. The lowest BCUT2D eigenvalue weighted by atomic mass is 10.1. The summed E-state index contributed by atoms with van der Waals surface area (Å²) in [6.07, 6.45) is 1.12. The number of hydrogen-bond donors (Lipinski definition) is 1. The summed E-state index contributed by atoms with van der Waals surface area (Å²) in [6, 6.07) is 0. The molecule has 0 atom stereocenters. The SMILES string of the molecule is CNCCn1nnnc1SCCOCCC(C)C. The normalized spacial score (nSPS) is 11.3. The molecule has 1 aromatic rings. The molecule has 0 spiro atoms. The maximum Gasteiger partial charge on any atom is 0.209 e. The van der Waals surface area contributed by atoms with Crippen LogP contribution in [0, 0.1) is 5.92 Å². The highest BCUT2D eigenvalue weighted by molar-refractivity contribution is 7.99. The maximum atomic E-state index is 5.55. The Labute approximate surface area is 113 Å². The lowest BCUT2D eigenvalue weighted by molar-refractivity contribution is 0.138. The van der Waals surface area contributed by atoms with E-state index in [1.807, 2.05) is 11.7 Å². The van der Waals surface area contributed by atoms with Crippen molar-refractivity contribution < 1.29 is 4.74 Å². The molecule has 0 radical (unpaired) electrons. The van der Waals surface area contributed by atoms with Gasteiger partial charge < -0.3 is 10.1 Å². The second kappa shape index (κ2) is 9.29. The van der Waals surface area contributed by atoms with E-state index in [1.165, 1.54) is 0 Å². The number of rotatable bonds is 10. The predicted molar refractivity (Wildman–Crippen MR) is 72.7 cm³/mol. The smallest absolute Gasteiger partial charge is 0.209 e. The molecule has 0 saturated carbocycles. The summed E-state index contributed by atoms with van der Waals surface area (Å²) in [6.45, 7) is 7.64. The molecular weight excluding hydrogens is 250 g/mol. The zero-order valence-corrected chi connectivity index (χ0v) is 12.2. The third-order valence-electron chi connectivity index (χ3n) is 2.37. The van der Waals surface area contributed by atoms with E-state index in [1.54, 1.807) is 11.8 Å². The first-order valence-electron chi connectivity index (χ1n) is 6.35. The molecule has 6 nitrogen and oxygen atoms in total. The van der Waals surface area contributed by atoms with E-state index in [0.717, 1.165) is 43.6 Å². The van der Waals surface area contributed by atoms with Crippen molar-refractivity contribution >= 4 is 11.8 Å². The van der Waals surface area contributed by atoms with E-state index >= 15 is 0 Å². The Bertz CT molecular complexity index is 318. The summed E-state index contributed by atoms with van der Waals surface area (Å²) in [5, 5.41) is 15.6. The molecule has 1 N–H and O–H groups in total. The Morgan fingerprint density at radius 3 is 2.94 bits per heavy atom. The van der Waals surface area contributed by atoms with E-state index in [4.69, 9.17) is 4.74 Å². The Morgan fingerprint density at radius 1 is 1.39 bits per heavy atom. The molecule has 0 amide bonds. The van der Waals surface area contributed by atoms with Crippen LogP contribution in [0.1, 0.15) is 20.3 Å². The molecule has 0 unspecified atom stereocenters. The van der Waals surface area contributed by atoms with E-state index in [9.17, 15) is 0 Å². The van der Waals surface area contributed by atoms with Crippen molar-refractivity contribution in [1.82, 2.24) is 25.5 Å². The highest BCUT2D eigenvalue weighted by atomic mass is 32.2. The number of nitrogens with one attached hydrogen (secondary N) is 1. The highest BCUT2D eigenvalue weighted by Gasteiger charge is 2.05. The van der Waals surface area contributed by atoms with E-state index in [0.29, 0.717) is 5.92 Å². The summed E-state index contributed by atoms with van der Waals surface area (Å²) in [4.78, 5) is 0. The van der Waals surface area contributed by atoms with Crippen molar-refractivity contribution in [2.75, 3.05) is 32.6 Å². The predicted octanol–water partition coefficient (Wildman–Crippen LogP) is 1.05. The summed E-state index contributed by atoms with van der Waals surface area (Å²) in [7, 11) is 1.92. The van der Waals surface area contributed by atoms with Gasteiger partial charge in [0, 0.05) is 18.9 Å². The average Bonchev–Trinajstić information content (AvgIpc) is 2.78. The molecule has 104 valence electrons. The van der Waals surface area contributed by atoms with Gasteiger partial charge in [0.05, 0.1) is 13.2 Å². The summed E-state index contributed by atoms with van der Waals surface area (Å²) < 4.78 is 7.37. The average molecular weight is 273 g/mol. The fourth-order valence-corrected chi connectivity index (χ4v) is 2.03. The minimum absolute atomic E-state index is 0.700. The molecule has 0 bridgehead atoms. The van der Waals surface area contributed by atoms with Crippen LogP contribution in [0.5, 0.6) is 0 Å². The number of aromatic nitrogens is 4. The molecule has 0 aromatic carbocycles. The second-order valence-corrected chi connectivity index (χ2v) is 5.49. The molecule has 18 heavy (non-hydrogen) atoms. The summed E-state index contributed by atoms with van der Waals surface area (Å²) >= 11 is 1.64. The van der Waals surface area contributed by atoms with Crippen LogP contribution in [-0.4, -0.2) is 52.8 Å². The maximum absolute atomic E-state index is 5.55. The second-order valence-electron chi connectivity index (χ2n) is 4.43. The number of thioether (sulfide) groups is 1. The van der Waals surface area contributed by atoms with Crippen molar-refractivity contribution in [1.29, 1.82) is 0 Å². The molecule has 1 heterocycles. The van der Waals surface area contributed by atoms with Crippen LogP contribution in [0.2, 0.25) is 0 Å². The van der Waals surface area contributed by atoms with Crippen LogP contribution < -0.4 is 5.32 Å². The van der Waals surface area contributed by atoms with Gasteiger partial charge in [-0.2, -0.15) is 0 Å².